The van der Waals surface area contributed by atoms with E-state index < -0.39 is 78.0 Å². The van der Waals surface area contributed by atoms with E-state index in [-0.39, 0.29) is 38.4 Å². The van der Waals surface area contributed by atoms with E-state index in [2.05, 4.69) is 11.1 Å². The number of rotatable bonds is 22. The summed E-state index contributed by atoms with van der Waals surface area (Å²) in [6.45, 7) is 2.34. The second-order valence-electron chi connectivity index (χ2n) is 16.1. The molecule has 65 heavy (non-hydrogen) atoms. The van der Waals surface area contributed by atoms with Crippen molar-refractivity contribution >= 4 is 30.5 Å². The smallest absolute Gasteiger partial charge is 0.331 e. The van der Waals surface area contributed by atoms with Gasteiger partial charge in [0, 0.05) is 25.3 Å². The number of nitriles is 1. The molecule has 0 bridgehead atoms. The van der Waals surface area contributed by atoms with E-state index in [0.29, 0.717) is 28.2 Å². The topological polar surface area (TPSA) is 205 Å². The third kappa shape index (κ3) is 12.2. The number of nitrogens with zero attached hydrogens (tertiary/aromatic N) is 2. The number of benzene rings is 3. The van der Waals surface area contributed by atoms with Crippen molar-refractivity contribution in [2.45, 2.75) is 65.1 Å². The molecule has 5 atom stereocenters. The lowest BCUT2D eigenvalue weighted by Crippen LogP contribution is -2.44. The highest BCUT2D eigenvalue weighted by molar-refractivity contribution is 8.07. The molecule has 19 heteroatoms. The summed E-state index contributed by atoms with van der Waals surface area (Å²) in [7, 11) is 4.56. The summed E-state index contributed by atoms with van der Waals surface area (Å²) in [6, 6.07) is 25.8. The molecule has 0 aliphatic carbocycles. The number of carbonyl (C=O) groups is 2. The molecule has 17 nitrogen and oxygen atoms in total. The van der Waals surface area contributed by atoms with Gasteiger partial charge in [-0.15, -0.1) is 0 Å². The van der Waals surface area contributed by atoms with Gasteiger partial charge in [-0.25, -0.2) is 4.79 Å². The third-order valence-corrected chi connectivity index (χ3v) is 12.9. The van der Waals surface area contributed by atoms with Crippen molar-refractivity contribution in [3.05, 3.63) is 128 Å². The van der Waals surface area contributed by atoms with Crippen LogP contribution in [-0.2, 0) is 64.3 Å². The van der Waals surface area contributed by atoms with Crippen LogP contribution in [0.1, 0.15) is 62.6 Å². The maximum absolute atomic E-state index is 14.2. The SMILES string of the molecule is CCOC(=O)C(C#N)(COC(c1ccccc1)(c1ccc(OC)cc1)c1ccc(OC)cc1)COP(=S)(OCCOC)O[C@H]1C[C@H](n2cc(C)c(=O)[nH]c2=O)O[C@@H]1COC(=O)C(C)(C)C. The van der Waals surface area contributed by atoms with Crippen molar-refractivity contribution < 1.29 is 56.3 Å². The minimum absolute atomic E-state index is 0.0494. The van der Waals surface area contributed by atoms with Crippen LogP contribution in [0.3, 0.4) is 0 Å². The molecule has 2 heterocycles. The molecule has 5 rings (SSSR count). The number of hydrogen-bond donors (Lipinski definition) is 1. The monoisotopic (exact) mass is 937 g/mol. The Kier molecular flexibility index (Phi) is 17.4. The second kappa shape index (κ2) is 22.3. The maximum atomic E-state index is 14.2. The van der Waals surface area contributed by atoms with Gasteiger partial charge in [-0.2, -0.15) is 5.26 Å². The molecule has 3 aromatic carbocycles. The van der Waals surface area contributed by atoms with Gasteiger partial charge in [-0.1, -0.05) is 54.6 Å². The summed E-state index contributed by atoms with van der Waals surface area (Å²) >= 11 is 6.00. The first-order valence-corrected chi connectivity index (χ1v) is 23.3. The number of nitrogens with one attached hydrogen (secondary N) is 1. The average molecular weight is 938 g/mol. The zero-order chi connectivity index (χ0) is 47.4. The van der Waals surface area contributed by atoms with Crippen LogP contribution in [0.4, 0.5) is 0 Å². The van der Waals surface area contributed by atoms with Gasteiger partial charge in [0.15, 0.2) is 0 Å². The highest BCUT2D eigenvalue weighted by Crippen LogP contribution is 2.55. The molecule has 1 aliphatic heterocycles. The van der Waals surface area contributed by atoms with Crippen molar-refractivity contribution in [3.63, 3.8) is 0 Å². The van der Waals surface area contributed by atoms with Crippen LogP contribution in [0, 0.1) is 29.1 Å². The lowest BCUT2D eigenvalue weighted by Gasteiger charge is -2.38. The standard InChI is InChI=1S/C46H56N3O14PS/c1-9-57-42(52)45(28-47,29-59-46(32-13-11-10-12-14-32,33-15-19-35(55-7)20-16-33)34-17-21-36(56-8)22-18-34)30-61-64(65,60-24-23-54-6)63-37-25-39(49-26-31(2)40(50)48-43(49)53)62-38(37)27-58-41(51)44(3,4)5/h10-22,26,37-39H,9,23-25,27,29-30H2,1-8H3,(H,48,50,53)/t37-,38+,39+,45?,64?/m0/s1. The number of carbonyl (C=O) groups excluding carboxylic acids is 2. The molecule has 2 unspecified atom stereocenters. The summed E-state index contributed by atoms with van der Waals surface area (Å²) in [5.41, 5.74) is -3.64. The minimum Gasteiger partial charge on any atom is -0.497 e. The zero-order valence-corrected chi connectivity index (χ0v) is 39.4. The molecular weight excluding hydrogens is 882 g/mol. The Balaban J connectivity index is 1.55. The molecule has 4 aromatic rings. The summed E-state index contributed by atoms with van der Waals surface area (Å²) < 4.78 is 60.7. The van der Waals surface area contributed by atoms with Gasteiger partial charge >= 0.3 is 24.3 Å². The van der Waals surface area contributed by atoms with Crippen LogP contribution in [-0.4, -0.2) is 94.7 Å². The van der Waals surface area contributed by atoms with Crippen molar-refractivity contribution in [2.24, 2.45) is 10.8 Å². The zero-order valence-electron chi connectivity index (χ0n) is 37.7. The average Bonchev–Trinajstić information content (AvgIpc) is 3.69. The fraction of sp³-hybridized carbons (Fsp3) is 0.457. The lowest BCUT2D eigenvalue weighted by atomic mass is 9.79. The summed E-state index contributed by atoms with van der Waals surface area (Å²) in [6.07, 6.45) is -1.80. The van der Waals surface area contributed by atoms with E-state index in [1.54, 1.807) is 66.2 Å². The molecule has 1 aliphatic rings. The number of methoxy groups -OCH3 is 3. The number of ether oxygens (including phenoxy) is 7. The molecule has 0 spiro atoms. The largest absolute Gasteiger partial charge is 0.497 e. The van der Waals surface area contributed by atoms with Crippen LogP contribution >= 0.6 is 6.72 Å². The summed E-state index contributed by atoms with van der Waals surface area (Å²) in [5, 5.41) is 11.1. The van der Waals surface area contributed by atoms with Crippen molar-refractivity contribution in [2.75, 3.05) is 61.0 Å². The molecule has 1 saturated heterocycles. The summed E-state index contributed by atoms with van der Waals surface area (Å²) in [5.74, 6) is -0.316. The Morgan fingerprint density at radius 2 is 1.46 bits per heavy atom. The van der Waals surface area contributed by atoms with Crippen LogP contribution in [0.25, 0.3) is 0 Å². The van der Waals surface area contributed by atoms with Gasteiger partial charge in [0.05, 0.1) is 58.7 Å². The Labute approximate surface area is 383 Å². The maximum Gasteiger partial charge on any atom is 0.331 e. The van der Waals surface area contributed by atoms with Crippen LogP contribution in [0.15, 0.2) is 94.6 Å². The number of aryl methyl sites for hydroxylation is 1. The van der Waals surface area contributed by atoms with Crippen molar-refractivity contribution in [3.8, 4) is 17.6 Å². The fourth-order valence-corrected chi connectivity index (χ4v) is 8.98. The minimum atomic E-state index is -4.04. The normalized spacial score (nSPS) is 18.2. The fourth-order valence-electron chi connectivity index (χ4n) is 6.84. The van der Waals surface area contributed by atoms with Gasteiger partial charge in [-0.05, 0) is 87.4 Å². The predicted molar refractivity (Wildman–Crippen MR) is 241 cm³/mol. The lowest BCUT2D eigenvalue weighted by molar-refractivity contribution is -0.160. The van der Waals surface area contributed by atoms with Crippen molar-refractivity contribution in [1.29, 1.82) is 5.26 Å². The summed E-state index contributed by atoms with van der Waals surface area (Å²) in [4.78, 5) is 54.6. The third-order valence-electron chi connectivity index (χ3n) is 10.5. The highest BCUT2D eigenvalue weighted by atomic mass is 32.5. The molecule has 350 valence electrons. The van der Waals surface area contributed by atoms with Crippen LogP contribution in [0.2, 0.25) is 0 Å². The van der Waals surface area contributed by atoms with Gasteiger partial charge in [-0.3, -0.25) is 23.9 Å². The predicted octanol–water partition coefficient (Wildman–Crippen LogP) is 6.11. The number of hydrogen-bond acceptors (Lipinski definition) is 16. The van der Waals surface area contributed by atoms with E-state index in [9.17, 15) is 24.4 Å². The number of aromatic amines is 1. The second-order valence-corrected chi connectivity index (χ2v) is 19.1. The Bertz CT molecular complexity index is 2390. The number of esters is 2. The van der Waals surface area contributed by atoms with E-state index in [0.717, 1.165) is 0 Å². The number of H-pyrrole nitrogens is 1. The van der Waals surface area contributed by atoms with Gasteiger partial charge in [0.2, 0.25) is 5.41 Å². The quantitative estimate of drug-likeness (QED) is 0.0409. The van der Waals surface area contributed by atoms with Gasteiger partial charge in [0.1, 0.15) is 42.1 Å². The molecule has 1 fully saturated rings. The molecular formula is C46H56N3O14PS. The number of aromatic nitrogens is 2. The Morgan fingerprint density at radius 1 is 0.862 bits per heavy atom. The van der Waals surface area contributed by atoms with E-state index >= 15 is 0 Å². The van der Waals surface area contributed by atoms with E-state index in [1.165, 1.54) is 24.8 Å². The first-order chi connectivity index (χ1) is 31.0. The molecule has 0 saturated carbocycles. The molecule has 0 radical (unpaired) electrons. The van der Waals surface area contributed by atoms with Crippen LogP contribution < -0.4 is 20.7 Å². The van der Waals surface area contributed by atoms with E-state index in [4.69, 9.17) is 58.5 Å². The Morgan fingerprint density at radius 3 is 2.00 bits per heavy atom. The first-order valence-electron chi connectivity index (χ1n) is 20.8. The first kappa shape index (κ1) is 50.8. The molecule has 1 N–H and O–H groups in total. The van der Waals surface area contributed by atoms with E-state index in [1.807, 2.05) is 54.6 Å². The molecule has 0 amide bonds. The van der Waals surface area contributed by atoms with Gasteiger partial charge < -0.3 is 46.7 Å². The van der Waals surface area contributed by atoms with Crippen LogP contribution in [0.5, 0.6) is 11.5 Å². The van der Waals surface area contributed by atoms with Crippen molar-refractivity contribution in [1.82, 2.24) is 9.55 Å². The highest BCUT2D eigenvalue weighted by Gasteiger charge is 2.49. The molecule has 1 aromatic heterocycles. The van der Waals surface area contributed by atoms with Gasteiger partial charge in [0.25, 0.3) is 5.56 Å². The Hall–Kier alpha value is -5.22.